The molecule has 1 rings (SSSR count). The van der Waals surface area contributed by atoms with Gasteiger partial charge in [-0.15, -0.1) is 12.3 Å². The zero-order valence-electron chi connectivity index (χ0n) is 12.9. The lowest BCUT2D eigenvalue weighted by Gasteiger charge is -2.19. The minimum absolute atomic E-state index is 0.0763. The Morgan fingerprint density at radius 1 is 1.41 bits per heavy atom. The second-order valence-electron chi connectivity index (χ2n) is 5.81. The number of benzene rings is 1. The molecule has 0 unspecified atom stereocenters. The second kappa shape index (κ2) is 7.08. The number of esters is 1. The van der Waals surface area contributed by atoms with Gasteiger partial charge < -0.3 is 10.5 Å². The molecule has 118 valence electrons. The molecule has 0 atom stereocenters. The summed E-state index contributed by atoms with van der Waals surface area (Å²) in [6.45, 7) is 5.19. The van der Waals surface area contributed by atoms with E-state index in [9.17, 15) is 13.6 Å². The van der Waals surface area contributed by atoms with Crippen LogP contribution in [0.1, 0.15) is 39.2 Å². The molecule has 1 aromatic carbocycles. The van der Waals surface area contributed by atoms with Crippen molar-refractivity contribution < 1.29 is 18.3 Å². The average molecular weight is 307 g/mol. The summed E-state index contributed by atoms with van der Waals surface area (Å²) in [5.41, 5.74) is 4.66. The van der Waals surface area contributed by atoms with E-state index in [1.165, 1.54) is 6.08 Å². The van der Waals surface area contributed by atoms with Crippen LogP contribution in [0.4, 0.5) is 14.5 Å². The fraction of sp³-hybridized carbons (Fsp3) is 0.353. The quantitative estimate of drug-likeness (QED) is 0.524. The number of terminal acetylenes is 1. The Morgan fingerprint density at radius 2 is 2.05 bits per heavy atom. The number of nitrogens with two attached hydrogens (primary N) is 1. The van der Waals surface area contributed by atoms with Crippen molar-refractivity contribution in [3.8, 4) is 12.3 Å². The zero-order valence-corrected chi connectivity index (χ0v) is 12.9. The number of rotatable bonds is 4. The first-order chi connectivity index (χ1) is 10.1. The van der Waals surface area contributed by atoms with Gasteiger partial charge in [-0.2, -0.15) is 0 Å². The van der Waals surface area contributed by atoms with Crippen molar-refractivity contribution in [1.82, 2.24) is 0 Å². The van der Waals surface area contributed by atoms with E-state index in [1.807, 2.05) is 0 Å². The molecule has 0 aliphatic rings. The fourth-order valence-electron chi connectivity index (χ4n) is 1.78. The molecular weight excluding hydrogens is 288 g/mol. The second-order valence-corrected chi connectivity index (χ2v) is 5.81. The summed E-state index contributed by atoms with van der Waals surface area (Å²) in [5, 5.41) is 0. The maximum atomic E-state index is 13.9. The fourth-order valence-corrected chi connectivity index (χ4v) is 1.78. The van der Waals surface area contributed by atoms with E-state index in [0.717, 1.165) is 12.1 Å². The standard InChI is InChI=1S/C17H19F2NO2/c1-5-6-11(10-15(21)22-17(2,3)4)9-12-13(18)7-8-14(20)16(12)19/h1,7-9H,6,10,20H2,2-4H3/b11-9+. The molecule has 0 aromatic heterocycles. The normalized spacial score (nSPS) is 11.9. The first-order valence-electron chi connectivity index (χ1n) is 6.72. The van der Waals surface area contributed by atoms with Gasteiger partial charge in [-0.3, -0.25) is 4.79 Å². The summed E-state index contributed by atoms with van der Waals surface area (Å²) in [4.78, 5) is 11.8. The highest BCUT2D eigenvalue weighted by Gasteiger charge is 2.18. The van der Waals surface area contributed by atoms with Crippen LogP contribution in [0, 0.1) is 24.0 Å². The third kappa shape index (κ3) is 5.21. The summed E-state index contributed by atoms with van der Waals surface area (Å²) in [7, 11) is 0. The molecule has 0 spiro atoms. The van der Waals surface area contributed by atoms with Crippen molar-refractivity contribution in [2.75, 3.05) is 5.73 Å². The highest BCUT2D eigenvalue weighted by Crippen LogP contribution is 2.23. The maximum absolute atomic E-state index is 13.9. The number of halogens is 2. The minimum atomic E-state index is -0.876. The number of carbonyl (C=O) groups is 1. The predicted molar refractivity (Wildman–Crippen MR) is 82.7 cm³/mol. The van der Waals surface area contributed by atoms with Gasteiger partial charge in [0.25, 0.3) is 0 Å². The van der Waals surface area contributed by atoms with Crippen LogP contribution < -0.4 is 5.73 Å². The van der Waals surface area contributed by atoms with Crippen molar-refractivity contribution in [3.05, 3.63) is 34.9 Å². The van der Waals surface area contributed by atoms with E-state index in [4.69, 9.17) is 16.9 Å². The molecule has 2 N–H and O–H groups in total. The molecule has 22 heavy (non-hydrogen) atoms. The van der Waals surface area contributed by atoms with Gasteiger partial charge in [-0.05, 0) is 44.6 Å². The van der Waals surface area contributed by atoms with Gasteiger partial charge in [-0.1, -0.05) is 0 Å². The third-order valence-corrected chi connectivity index (χ3v) is 2.63. The first kappa shape index (κ1) is 17.7. The Labute approximate surface area is 129 Å². The lowest BCUT2D eigenvalue weighted by molar-refractivity contribution is -0.153. The summed E-state index contributed by atoms with van der Waals surface area (Å²) < 4.78 is 32.8. The van der Waals surface area contributed by atoms with Crippen LogP contribution in [0.15, 0.2) is 17.7 Å². The van der Waals surface area contributed by atoms with Crippen molar-refractivity contribution in [1.29, 1.82) is 0 Å². The number of ether oxygens (including phenoxy) is 1. The smallest absolute Gasteiger partial charge is 0.310 e. The Kier molecular flexibility index (Phi) is 5.69. The molecule has 0 aliphatic carbocycles. The van der Waals surface area contributed by atoms with Crippen LogP contribution in [-0.4, -0.2) is 11.6 Å². The van der Waals surface area contributed by atoms with Gasteiger partial charge in [0.1, 0.15) is 11.4 Å². The van der Waals surface area contributed by atoms with Crippen LogP contribution in [0.2, 0.25) is 0 Å². The van der Waals surface area contributed by atoms with Crippen LogP contribution in [0.25, 0.3) is 6.08 Å². The molecule has 0 bridgehead atoms. The summed E-state index contributed by atoms with van der Waals surface area (Å²) in [5.74, 6) is 0.194. The lowest BCUT2D eigenvalue weighted by Crippen LogP contribution is -2.24. The van der Waals surface area contributed by atoms with E-state index in [0.29, 0.717) is 5.57 Å². The lowest BCUT2D eigenvalue weighted by atomic mass is 10.0. The molecule has 0 aliphatic heterocycles. The predicted octanol–water partition coefficient (Wildman–Crippen LogP) is 3.69. The number of anilines is 1. The van der Waals surface area contributed by atoms with E-state index in [2.05, 4.69) is 5.92 Å². The van der Waals surface area contributed by atoms with Crippen molar-refractivity contribution in [2.24, 2.45) is 0 Å². The molecular formula is C17H19F2NO2. The van der Waals surface area contributed by atoms with Gasteiger partial charge in [0.2, 0.25) is 0 Å². The van der Waals surface area contributed by atoms with Crippen LogP contribution in [-0.2, 0) is 9.53 Å². The van der Waals surface area contributed by atoms with Gasteiger partial charge >= 0.3 is 5.97 Å². The minimum Gasteiger partial charge on any atom is -0.460 e. The third-order valence-electron chi connectivity index (χ3n) is 2.63. The highest BCUT2D eigenvalue weighted by atomic mass is 19.1. The summed E-state index contributed by atoms with van der Waals surface area (Å²) in [6.07, 6.45) is 6.38. The monoisotopic (exact) mass is 307 g/mol. The van der Waals surface area contributed by atoms with E-state index in [1.54, 1.807) is 20.8 Å². The number of hydrogen-bond acceptors (Lipinski definition) is 3. The summed E-state index contributed by atoms with van der Waals surface area (Å²) >= 11 is 0. The van der Waals surface area contributed by atoms with Crippen molar-refractivity contribution >= 4 is 17.7 Å². The number of hydrogen-bond donors (Lipinski definition) is 1. The van der Waals surface area contributed by atoms with Crippen molar-refractivity contribution in [2.45, 2.75) is 39.2 Å². The molecule has 0 saturated heterocycles. The molecule has 0 saturated carbocycles. The Morgan fingerprint density at radius 3 is 2.59 bits per heavy atom. The average Bonchev–Trinajstić information content (AvgIpc) is 2.37. The zero-order chi connectivity index (χ0) is 16.9. The number of carbonyl (C=O) groups excluding carboxylic acids is 1. The van der Waals surface area contributed by atoms with Crippen LogP contribution in [0.3, 0.4) is 0 Å². The van der Waals surface area contributed by atoms with Gasteiger partial charge in [0.15, 0.2) is 5.82 Å². The highest BCUT2D eigenvalue weighted by molar-refractivity contribution is 5.75. The van der Waals surface area contributed by atoms with Crippen molar-refractivity contribution in [3.63, 3.8) is 0 Å². The largest absolute Gasteiger partial charge is 0.460 e. The summed E-state index contributed by atoms with van der Waals surface area (Å²) in [6, 6.07) is 2.20. The van der Waals surface area contributed by atoms with Crippen LogP contribution >= 0.6 is 0 Å². The van der Waals surface area contributed by atoms with E-state index < -0.39 is 23.2 Å². The number of nitrogen functional groups attached to an aromatic ring is 1. The van der Waals surface area contributed by atoms with E-state index >= 15 is 0 Å². The Bertz CT molecular complexity index is 637. The topological polar surface area (TPSA) is 52.3 Å². The molecule has 0 heterocycles. The van der Waals surface area contributed by atoms with Crippen LogP contribution in [0.5, 0.6) is 0 Å². The van der Waals surface area contributed by atoms with Gasteiger partial charge in [-0.25, -0.2) is 8.78 Å². The maximum Gasteiger partial charge on any atom is 0.310 e. The Balaban J connectivity index is 3.09. The molecule has 0 fully saturated rings. The Hall–Kier alpha value is -2.35. The van der Waals surface area contributed by atoms with Gasteiger partial charge in [0, 0.05) is 12.0 Å². The van der Waals surface area contributed by atoms with Gasteiger partial charge in [0.05, 0.1) is 12.1 Å². The molecule has 0 amide bonds. The van der Waals surface area contributed by atoms with E-state index in [-0.39, 0.29) is 24.1 Å². The SMILES string of the molecule is C#CC/C(=C\c1c(F)ccc(N)c1F)CC(=O)OC(C)(C)C. The molecule has 5 heteroatoms. The molecule has 1 aromatic rings. The molecule has 3 nitrogen and oxygen atoms in total. The first-order valence-corrected chi connectivity index (χ1v) is 6.72. The molecule has 0 radical (unpaired) electrons.